The Morgan fingerprint density at radius 2 is 1.81 bits per heavy atom. The van der Waals surface area contributed by atoms with Crippen molar-refractivity contribution in [3.63, 3.8) is 0 Å². The second-order valence-electron chi connectivity index (χ2n) is 4.22. The highest BCUT2D eigenvalue weighted by molar-refractivity contribution is 14.1. The van der Waals surface area contributed by atoms with Gasteiger partial charge in [0.1, 0.15) is 5.82 Å². The van der Waals surface area contributed by atoms with Crippen LogP contribution in [0.15, 0.2) is 48.5 Å². The van der Waals surface area contributed by atoms with Crippen molar-refractivity contribution >= 4 is 40.1 Å². The third kappa shape index (κ3) is 4.52. The summed E-state index contributed by atoms with van der Waals surface area (Å²) in [7, 11) is 0. The van der Waals surface area contributed by atoms with Crippen molar-refractivity contribution in [2.75, 3.05) is 11.9 Å². The molecular weight excluding hydrogens is 386 g/mol. The predicted octanol–water partition coefficient (Wildman–Crippen LogP) is 2.80. The van der Waals surface area contributed by atoms with Gasteiger partial charge in [-0.05, 0) is 52.9 Å². The number of hydrogen-bond donors (Lipinski definition) is 2. The molecule has 6 heteroatoms. The quantitative estimate of drug-likeness (QED) is 0.779. The van der Waals surface area contributed by atoms with Crippen LogP contribution in [0.5, 0.6) is 0 Å². The molecule has 0 aliphatic heterocycles. The van der Waals surface area contributed by atoms with Gasteiger partial charge >= 0.3 is 0 Å². The molecule has 2 aromatic carbocycles. The van der Waals surface area contributed by atoms with Crippen molar-refractivity contribution in [3.05, 3.63) is 63.5 Å². The molecule has 2 rings (SSSR count). The zero-order valence-electron chi connectivity index (χ0n) is 10.9. The van der Waals surface area contributed by atoms with Gasteiger partial charge in [0.05, 0.1) is 12.2 Å². The number of nitrogens with one attached hydrogen (secondary N) is 2. The van der Waals surface area contributed by atoms with E-state index in [4.69, 9.17) is 0 Å². The fourth-order valence-electron chi connectivity index (χ4n) is 1.64. The van der Waals surface area contributed by atoms with Gasteiger partial charge in [-0.3, -0.25) is 9.59 Å². The molecule has 0 saturated heterocycles. The highest BCUT2D eigenvalue weighted by Crippen LogP contribution is 2.18. The molecule has 4 nitrogen and oxygen atoms in total. The third-order valence-corrected chi connectivity index (χ3v) is 3.54. The monoisotopic (exact) mass is 398 g/mol. The molecule has 0 atom stereocenters. The van der Waals surface area contributed by atoms with Gasteiger partial charge in [0.25, 0.3) is 5.91 Å². The standard InChI is InChI=1S/C15H12FIN2O2/c16-11-6-7-13(12(17)8-11)19-14(20)9-18-15(21)10-4-2-1-3-5-10/h1-8H,9H2,(H,18,21)(H,19,20). The molecule has 2 amide bonds. The highest BCUT2D eigenvalue weighted by atomic mass is 127. The minimum Gasteiger partial charge on any atom is -0.343 e. The number of hydrogen-bond acceptors (Lipinski definition) is 2. The van der Waals surface area contributed by atoms with Gasteiger partial charge in [-0.25, -0.2) is 4.39 Å². The largest absolute Gasteiger partial charge is 0.343 e. The average Bonchev–Trinajstić information content (AvgIpc) is 2.48. The van der Waals surface area contributed by atoms with Crippen LogP contribution < -0.4 is 10.6 Å². The smallest absolute Gasteiger partial charge is 0.251 e. The molecular formula is C15H12FIN2O2. The number of carbonyl (C=O) groups excluding carboxylic acids is 2. The van der Waals surface area contributed by atoms with E-state index in [1.54, 1.807) is 30.3 Å². The molecule has 0 aliphatic carbocycles. The molecule has 108 valence electrons. The Bertz CT molecular complexity index is 662. The van der Waals surface area contributed by atoms with E-state index in [1.165, 1.54) is 18.2 Å². The van der Waals surface area contributed by atoms with E-state index in [-0.39, 0.29) is 24.2 Å². The summed E-state index contributed by atoms with van der Waals surface area (Å²) < 4.78 is 13.5. The first-order valence-corrected chi connectivity index (χ1v) is 7.22. The molecule has 0 unspecified atom stereocenters. The lowest BCUT2D eigenvalue weighted by molar-refractivity contribution is -0.115. The van der Waals surface area contributed by atoms with E-state index in [0.29, 0.717) is 14.8 Å². The Kier molecular flexibility index (Phi) is 5.26. The predicted molar refractivity (Wildman–Crippen MR) is 86.5 cm³/mol. The van der Waals surface area contributed by atoms with Crippen molar-refractivity contribution in [1.82, 2.24) is 5.32 Å². The fourth-order valence-corrected chi connectivity index (χ4v) is 2.25. The highest BCUT2D eigenvalue weighted by Gasteiger charge is 2.09. The number of halogens is 2. The first kappa shape index (κ1) is 15.4. The van der Waals surface area contributed by atoms with E-state index in [9.17, 15) is 14.0 Å². The molecule has 0 spiro atoms. The summed E-state index contributed by atoms with van der Waals surface area (Å²) in [4.78, 5) is 23.5. The summed E-state index contributed by atoms with van der Waals surface area (Å²) >= 11 is 1.93. The van der Waals surface area contributed by atoms with E-state index in [1.807, 2.05) is 22.6 Å². The van der Waals surface area contributed by atoms with Crippen molar-refractivity contribution in [3.8, 4) is 0 Å². The molecule has 2 N–H and O–H groups in total. The van der Waals surface area contributed by atoms with Crippen molar-refractivity contribution in [2.24, 2.45) is 0 Å². The van der Waals surface area contributed by atoms with Gasteiger partial charge in [-0.1, -0.05) is 18.2 Å². The molecule has 0 radical (unpaired) electrons. The maximum Gasteiger partial charge on any atom is 0.251 e. The lowest BCUT2D eigenvalue weighted by atomic mass is 10.2. The maximum absolute atomic E-state index is 13.0. The molecule has 0 aliphatic rings. The molecule has 0 heterocycles. The topological polar surface area (TPSA) is 58.2 Å². The van der Waals surface area contributed by atoms with Crippen molar-refractivity contribution in [1.29, 1.82) is 0 Å². The number of anilines is 1. The van der Waals surface area contributed by atoms with Crippen LogP contribution in [0.4, 0.5) is 10.1 Å². The Morgan fingerprint density at radius 3 is 2.48 bits per heavy atom. The van der Waals surface area contributed by atoms with E-state index < -0.39 is 0 Å². The van der Waals surface area contributed by atoms with Gasteiger partial charge in [-0.15, -0.1) is 0 Å². The summed E-state index contributed by atoms with van der Waals surface area (Å²) in [5, 5.41) is 5.14. The summed E-state index contributed by atoms with van der Waals surface area (Å²) in [5.74, 6) is -1.06. The molecule has 0 saturated carbocycles. The summed E-state index contributed by atoms with van der Waals surface area (Å²) in [6, 6.07) is 12.7. The van der Waals surface area contributed by atoms with Crippen LogP contribution in [0.2, 0.25) is 0 Å². The van der Waals surface area contributed by atoms with Crippen LogP contribution in [-0.2, 0) is 4.79 Å². The molecule has 0 bridgehead atoms. The summed E-state index contributed by atoms with van der Waals surface area (Å²) in [6.45, 7) is -0.152. The van der Waals surface area contributed by atoms with Crippen LogP contribution in [0.25, 0.3) is 0 Å². The molecule has 0 fully saturated rings. The Morgan fingerprint density at radius 1 is 1.10 bits per heavy atom. The van der Waals surface area contributed by atoms with Crippen LogP contribution in [-0.4, -0.2) is 18.4 Å². The van der Waals surface area contributed by atoms with Gasteiger partial charge in [0, 0.05) is 9.13 Å². The lowest BCUT2D eigenvalue weighted by Gasteiger charge is -2.08. The first-order valence-electron chi connectivity index (χ1n) is 6.14. The van der Waals surface area contributed by atoms with E-state index in [0.717, 1.165) is 0 Å². The van der Waals surface area contributed by atoms with Crippen LogP contribution >= 0.6 is 22.6 Å². The zero-order chi connectivity index (χ0) is 15.2. The first-order chi connectivity index (χ1) is 10.1. The summed E-state index contributed by atoms with van der Waals surface area (Å²) in [6.07, 6.45) is 0. The number of rotatable bonds is 4. The molecule has 2 aromatic rings. The maximum atomic E-state index is 13.0. The van der Waals surface area contributed by atoms with Gasteiger partial charge in [-0.2, -0.15) is 0 Å². The Balaban J connectivity index is 1.89. The third-order valence-electron chi connectivity index (χ3n) is 2.65. The number of benzene rings is 2. The van der Waals surface area contributed by atoms with Crippen molar-refractivity contribution < 1.29 is 14.0 Å². The Labute approximate surface area is 134 Å². The van der Waals surface area contributed by atoms with Crippen LogP contribution in [0, 0.1) is 9.39 Å². The van der Waals surface area contributed by atoms with Gasteiger partial charge < -0.3 is 10.6 Å². The normalized spacial score (nSPS) is 10.0. The Hall–Kier alpha value is -1.96. The fraction of sp³-hybridized carbons (Fsp3) is 0.0667. The van der Waals surface area contributed by atoms with Crippen molar-refractivity contribution in [2.45, 2.75) is 0 Å². The van der Waals surface area contributed by atoms with Gasteiger partial charge in [0.15, 0.2) is 0 Å². The SMILES string of the molecule is O=C(CNC(=O)c1ccccc1)Nc1ccc(F)cc1I. The second-order valence-corrected chi connectivity index (χ2v) is 5.38. The number of carbonyl (C=O) groups is 2. The minimum atomic E-state index is -0.371. The van der Waals surface area contributed by atoms with E-state index >= 15 is 0 Å². The molecule has 21 heavy (non-hydrogen) atoms. The van der Waals surface area contributed by atoms with Crippen LogP contribution in [0.1, 0.15) is 10.4 Å². The zero-order valence-corrected chi connectivity index (χ0v) is 13.1. The minimum absolute atomic E-state index is 0.152. The van der Waals surface area contributed by atoms with E-state index in [2.05, 4.69) is 10.6 Å². The summed E-state index contributed by atoms with van der Waals surface area (Å²) in [5.41, 5.74) is 0.998. The number of amides is 2. The lowest BCUT2D eigenvalue weighted by Crippen LogP contribution is -2.32. The van der Waals surface area contributed by atoms with Gasteiger partial charge in [0.2, 0.25) is 5.91 Å². The second kappa shape index (κ2) is 7.16. The van der Waals surface area contributed by atoms with Crippen LogP contribution in [0.3, 0.4) is 0 Å². The molecule has 0 aromatic heterocycles. The average molecular weight is 398 g/mol.